The number of anilines is 2. The van der Waals surface area contributed by atoms with E-state index in [-0.39, 0.29) is 52.8 Å². The molecule has 16 nitrogen and oxygen atoms in total. The van der Waals surface area contributed by atoms with Crippen LogP contribution < -0.4 is 15.1 Å². The highest BCUT2D eigenvalue weighted by molar-refractivity contribution is 7.99. The van der Waals surface area contributed by atoms with E-state index in [9.17, 15) is 22.8 Å². The molecule has 3 saturated heterocycles. The summed E-state index contributed by atoms with van der Waals surface area (Å²) in [6, 6.07) is 18.8. The zero-order valence-electron chi connectivity index (χ0n) is 39.2. The summed E-state index contributed by atoms with van der Waals surface area (Å²) in [5.41, 5.74) is 5.23. The first-order valence-corrected chi connectivity index (χ1v) is 24.8. The van der Waals surface area contributed by atoms with Crippen LogP contribution in [0.2, 0.25) is 5.02 Å². The normalized spacial score (nSPS) is 15.9. The number of pyridine rings is 1. The highest BCUT2D eigenvalue weighted by atomic mass is 35.5. The summed E-state index contributed by atoms with van der Waals surface area (Å²) in [4.78, 5) is 38.7. The van der Waals surface area contributed by atoms with Crippen molar-refractivity contribution in [3.05, 3.63) is 118 Å². The molecule has 3 fully saturated rings. The number of carbonyl (C=O) groups excluding carboxylic acids is 2. The fourth-order valence-electron chi connectivity index (χ4n) is 8.67. The second kappa shape index (κ2) is 21.4. The van der Waals surface area contributed by atoms with Crippen molar-refractivity contribution in [3.63, 3.8) is 0 Å². The molecule has 1 atom stereocenters. The number of carbonyl (C=O) groups is 2. The maximum absolute atomic E-state index is 15.3. The average Bonchev–Trinajstić information content (AvgIpc) is 4.17. The fraction of sp³-hybridized carbons (Fsp3) is 0.388. The van der Waals surface area contributed by atoms with Crippen LogP contribution in [0.4, 0.5) is 38.5 Å². The number of hydrogen-bond acceptors (Lipinski definition) is 12. The number of likely N-dealkylation sites (tertiary alicyclic amines) is 1. The Labute approximate surface area is 415 Å². The number of nitrogens with one attached hydrogen (secondary N) is 1. The van der Waals surface area contributed by atoms with E-state index in [1.165, 1.54) is 19.1 Å². The number of aryl methyl sites for hydroxylation is 2. The van der Waals surface area contributed by atoms with Gasteiger partial charge in [0.15, 0.2) is 6.17 Å². The topological polar surface area (TPSA) is 168 Å². The van der Waals surface area contributed by atoms with Gasteiger partial charge in [-0.25, -0.2) is 18.4 Å². The Balaban J connectivity index is 0.000000178. The summed E-state index contributed by atoms with van der Waals surface area (Å²) in [5.74, 6) is 0.281. The lowest BCUT2D eigenvalue weighted by atomic mass is 9.73. The van der Waals surface area contributed by atoms with Crippen molar-refractivity contribution in [2.24, 2.45) is 12.5 Å². The second-order valence-electron chi connectivity index (χ2n) is 17.7. The van der Waals surface area contributed by atoms with Gasteiger partial charge in [0.1, 0.15) is 11.5 Å². The number of alkyl halides is 3. The van der Waals surface area contributed by atoms with Crippen LogP contribution in [-0.4, -0.2) is 108 Å². The number of nitrogens with zero attached hydrogens (tertiary/aromatic N) is 11. The van der Waals surface area contributed by atoms with E-state index in [0.29, 0.717) is 49.1 Å². The van der Waals surface area contributed by atoms with Crippen LogP contribution >= 0.6 is 23.4 Å². The van der Waals surface area contributed by atoms with Crippen molar-refractivity contribution < 1.29 is 36.0 Å². The maximum atomic E-state index is 15.3. The van der Waals surface area contributed by atoms with Crippen LogP contribution in [0, 0.1) is 11.2 Å². The van der Waals surface area contributed by atoms with E-state index in [0.717, 1.165) is 77.6 Å². The van der Waals surface area contributed by atoms with Crippen LogP contribution in [0.25, 0.3) is 33.9 Å². The number of thioether (sulfide) groups is 1. The zero-order valence-corrected chi connectivity index (χ0v) is 40.8. The van der Waals surface area contributed by atoms with E-state index < -0.39 is 24.3 Å². The number of fused-ring (bicyclic) bond motifs is 1. The molecule has 7 heterocycles. The molecule has 22 heteroatoms. The summed E-state index contributed by atoms with van der Waals surface area (Å²) in [5, 5.41) is 23.6. The standard InChI is InChI=1S/C26H26F3N7O2.C23H25ClFN5O2S/c1-34-21-11-19(5-4-17(21)12-31-34)36(25(37)35-8-6-26(7-9-35)14-30-15-26)13-18-3-2-16(10-20(18)27)23-32-33-24(38-23)22(28)29;1-3-17-5-6-18(12-19(17)24)30(23(31)29-8-10-33-11-9-29)14-16-4-7-20(26-13-16)22-28-27-21(32-22)15(2)25/h2-5,10-12,22,30H,6-9,13-15H2,1H3;4-7,12-13,15H,3,8-11,14H2,1-2H3. The van der Waals surface area contributed by atoms with Gasteiger partial charge >= 0.3 is 18.5 Å². The van der Waals surface area contributed by atoms with Gasteiger partial charge in [0.25, 0.3) is 17.7 Å². The SMILES string of the molecule is CCc1ccc(N(Cc2ccc(-c3nnc(C(C)F)o3)nc2)C(=O)N2CCSCC2)cc1Cl.Cn1ncc2ccc(N(Cc3ccc(-c4nnc(C(F)F)o4)cc3F)C(=O)N3CCC4(CC3)CNC4)cc21. The van der Waals surface area contributed by atoms with Gasteiger partial charge in [0.05, 0.1) is 24.8 Å². The molecule has 372 valence electrons. The van der Waals surface area contributed by atoms with Gasteiger partial charge < -0.3 is 24.0 Å². The first kappa shape index (κ1) is 49.4. The number of hydrogen-bond donors (Lipinski definition) is 1. The van der Waals surface area contributed by atoms with Crippen molar-refractivity contribution in [1.82, 2.24) is 50.3 Å². The zero-order chi connectivity index (χ0) is 49.8. The van der Waals surface area contributed by atoms with Crippen molar-refractivity contribution in [2.45, 2.75) is 58.8 Å². The number of aromatic nitrogens is 7. The third-order valence-electron chi connectivity index (χ3n) is 13.0. The monoisotopic (exact) mass is 1010 g/mol. The molecule has 7 aromatic rings. The first-order valence-electron chi connectivity index (χ1n) is 23.2. The summed E-state index contributed by atoms with van der Waals surface area (Å²) in [6.07, 6.45) is 1.82. The quantitative estimate of drug-likeness (QED) is 0.122. The largest absolute Gasteiger partial charge is 0.416 e. The molecule has 1 spiro atoms. The average molecular weight is 1020 g/mol. The molecule has 1 N–H and O–H groups in total. The molecule has 3 aliphatic heterocycles. The van der Waals surface area contributed by atoms with Crippen LogP contribution in [-0.2, 0) is 26.6 Å². The highest BCUT2D eigenvalue weighted by Gasteiger charge is 2.41. The fourth-order valence-corrected chi connectivity index (χ4v) is 9.89. The Kier molecular flexibility index (Phi) is 14.9. The maximum Gasteiger partial charge on any atom is 0.324 e. The molecule has 0 bridgehead atoms. The molecular weight excluding hydrogens is 964 g/mol. The van der Waals surface area contributed by atoms with Gasteiger partial charge in [-0.2, -0.15) is 25.6 Å². The highest BCUT2D eigenvalue weighted by Crippen LogP contribution is 2.37. The van der Waals surface area contributed by atoms with Crippen molar-refractivity contribution >= 4 is 57.7 Å². The van der Waals surface area contributed by atoms with Crippen molar-refractivity contribution in [1.29, 1.82) is 0 Å². The second-order valence-corrected chi connectivity index (χ2v) is 19.4. The first-order chi connectivity index (χ1) is 34.3. The number of urea groups is 2. The molecule has 1 unspecified atom stereocenters. The summed E-state index contributed by atoms with van der Waals surface area (Å²) >= 11 is 8.31. The van der Waals surface area contributed by atoms with Gasteiger partial charge in [-0.15, -0.1) is 20.4 Å². The molecule has 0 aliphatic carbocycles. The van der Waals surface area contributed by atoms with E-state index in [4.69, 9.17) is 20.4 Å². The predicted molar refractivity (Wildman–Crippen MR) is 261 cm³/mol. The minimum absolute atomic E-state index is 0.0242. The van der Waals surface area contributed by atoms with E-state index in [1.807, 2.05) is 78.0 Å². The molecule has 3 aromatic carbocycles. The summed E-state index contributed by atoms with van der Waals surface area (Å²) in [7, 11) is 1.82. The third kappa shape index (κ3) is 11.0. The number of halogens is 5. The molecule has 10 rings (SSSR count). The van der Waals surface area contributed by atoms with Gasteiger partial charge in [-0.1, -0.05) is 36.7 Å². The molecule has 0 radical (unpaired) electrons. The lowest BCUT2D eigenvalue weighted by molar-refractivity contribution is 0.0702. The lowest BCUT2D eigenvalue weighted by Crippen LogP contribution is -2.59. The molecule has 0 saturated carbocycles. The van der Waals surface area contributed by atoms with Crippen LogP contribution in [0.3, 0.4) is 0 Å². The number of amides is 4. The van der Waals surface area contributed by atoms with Gasteiger partial charge in [-0.05, 0) is 91.3 Å². The Morgan fingerprint density at radius 2 is 1.46 bits per heavy atom. The Morgan fingerprint density at radius 1 is 0.803 bits per heavy atom. The van der Waals surface area contributed by atoms with Crippen LogP contribution in [0.15, 0.2) is 88.0 Å². The minimum Gasteiger partial charge on any atom is -0.416 e. The minimum atomic E-state index is -2.91. The van der Waals surface area contributed by atoms with Gasteiger partial charge in [-0.3, -0.25) is 19.5 Å². The predicted octanol–water partition coefficient (Wildman–Crippen LogP) is 10.1. The smallest absolute Gasteiger partial charge is 0.324 e. The Morgan fingerprint density at radius 3 is 2.08 bits per heavy atom. The summed E-state index contributed by atoms with van der Waals surface area (Å²) < 4.78 is 66.3. The van der Waals surface area contributed by atoms with Crippen LogP contribution in [0.5, 0.6) is 0 Å². The molecule has 3 aliphatic rings. The number of rotatable bonds is 11. The lowest BCUT2D eigenvalue weighted by Gasteiger charge is -2.48. The molecule has 4 amide bonds. The van der Waals surface area contributed by atoms with Crippen molar-refractivity contribution in [3.8, 4) is 23.0 Å². The number of benzene rings is 3. The Bertz CT molecular complexity index is 2990. The third-order valence-corrected chi connectivity index (χ3v) is 14.3. The molecule has 4 aromatic heterocycles. The van der Waals surface area contributed by atoms with E-state index in [1.54, 1.807) is 32.9 Å². The van der Waals surface area contributed by atoms with Gasteiger partial charge in [0.2, 0.25) is 5.89 Å². The number of piperidine rings is 1. The van der Waals surface area contributed by atoms with Crippen molar-refractivity contribution in [2.75, 3.05) is 60.6 Å². The Hall–Kier alpha value is -6.58. The van der Waals surface area contributed by atoms with E-state index >= 15 is 4.39 Å². The molecular formula is C49H51ClF4N12O4S. The molecule has 71 heavy (non-hydrogen) atoms. The van der Waals surface area contributed by atoms with Crippen LogP contribution in [0.1, 0.15) is 67.8 Å². The summed E-state index contributed by atoms with van der Waals surface area (Å²) in [6.45, 7) is 8.33. The van der Waals surface area contributed by atoms with Gasteiger partial charge in [0, 0.05) is 96.9 Å². The van der Waals surface area contributed by atoms with E-state index in [2.05, 4.69) is 35.8 Å².